The number of hydrogen-bond donors (Lipinski definition) is 1. The van der Waals surface area contributed by atoms with Crippen molar-refractivity contribution >= 4 is 28.2 Å². The summed E-state index contributed by atoms with van der Waals surface area (Å²) in [6.07, 6.45) is 8.66. The quantitative estimate of drug-likeness (QED) is 0.416. The number of anilines is 1. The molecule has 0 aliphatic heterocycles. The van der Waals surface area contributed by atoms with Gasteiger partial charge in [-0.25, -0.2) is 4.79 Å². The molecule has 1 heterocycles. The fourth-order valence-electron chi connectivity index (χ4n) is 4.02. The number of nitrogens with one attached hydrogen (secondary N) is 1. The second-order valence-corrected chi connectivity index (χ2v) is 8.92. The summed E-state index contributed by atoms with van der Waals surface area (Å²) in [5, 5.41) is 5.44. The third kappa shape index (κ3) is 6.57. The second kappa shape index (κ2) is 11.9. The van der Waals surface area contributed by atoms with Crippen LogP contribution in [0.15, 0.2) is 29.6 Å². The molecule has 1 aromatic heterocycles. The summed E-state index contributed by atoms with van der Waals surface area (Å²) in [4.78, 5) is 25.3. The van der Waals surface area contributed by atoms with Gasteiger partial charge in [0.2, 0.25) is 5.91 Å². The van der Waals surface area contributed by atoms with Crippen molar-refractivity contribution in [1.29, 1.82) is 0 Å². The molecule has 168 valence electrons. The molecule has 1 saturated carbocycles. The molecule has 31 heavy (non-hydrogen) atoms. The molecule has 0 unspecified atom stereocenters. The average Bonchev–Trinajstić information content (AvgIpc) is 3.21. The molecule has 1 aromatic carbocycles. The zero-order chi connectivity index (χ0) is 22.1. The third-order valence-electron chi connectivity index (χ3n) is 5.67. The molecule has 0 bridgehead atoms. The first-order valence-corrected chi connectivity index (χ1v) is 12.3. The fraction of sp³-hybridized carbons (Fsp3) is 0.520. The lowest BCUT2D eigenvalue weighted by atomic mass is 9.86. The van der Waals surface area contributed by atoms with E-state index in [9.17, 15) is 9.59 Å². The Balaban J connectivity index is 1.73. The average molecular weight is 444 g/mol. The maximum Gasteiger partial charge on any atom is 0.341 e. The molecular formula is C25H33NO4S. The van der Waals surface area contributed by atoms with E-state index in [1.165, 1.54) is 43.4 Å². The Bertz CT molecular complexity index is 853. The van der Waals surface area contributed by atoms with Crippen LogP contribution in [-0.2, 0) is 9.53 Å². The van der Waals surface area contributed by atoms with E-state index >= 15 is 0 Å². The van der Waals surface area contributed by atoms with E-state index < -0.39 is 5.97 Å². The van der Waals surface area contributed by atoms with Crippen LogP contribution in [0.25, 0.3) is 11.1 Å². The SMILES string of the molecule is CCCOc1ccc(-c2csc(NC(=O)CCC3CCCCC3)c2C(=O)OCC)cc1. The highest BCUT2D eigenvalue weighted by molar-refractivity contribution is 7.15. The molecule has 1 fully saturated rings. The largest absolute Gasteiger partial charge is 0.494 e. The molecule has 5 nitrogen and oxygen atoms in total. The first kappa shape index (κ1) is 23.3. The van der Waals surface area contributed by atoms with Crippen LogP contribution in [0.5, 0.6) is 5.75 Å². The van der Waals surface area contributed by atoms with Crippen LogP contribution in [0, 0.1) is 5.92 Å². The summed E-state index contributed by atoms with van der Waals surface area (Å²) >= 11 is 1.37. The van der Waals surface area contributed by atoms with Crippen LogP contribution in [0.4, 0.5) is 5.00 Å². The number of hydrogen-bond acceptors (Lipinski definition) is 5. The molecule has 1 aliphatic carbocycles. The van der Waals surface area contributed by atoms with Crippen LogP contribution < -0.4 is 10.1 Å². The van der Waals surface area contributed by atoms with Crippen LogP contribution >= 0.6 is 11.3 Å². The molecule has 6 heteroatoms. The van der Waals surface area contributed by atoms with Gasteiger partial charge in [0.05, 0.1) is 13.2 Å². The Morgan fingerprint density at radius 3 is 2.52 bits per heavy atom. The van der Waals surface area contributed by atoms with Gasteiger partial charge in [-0.05, 0) is 43.4 Å². The monoisotopic (exact) mass is 443 g/mol. The summed E-state index contributed by atoms with van der Waals surface area (Å²) in [5.74, 6) is 1.01. The Morgan fingerprint density at radius 2 is 1.84 bits per heavy atom. The Labute approximate surface area is 189 Å². The lowest BCUT2D eigenvalue weighted by Crippen LogP contribution is -2.16. The molecule has 0 atom stereocenters. The van der Waals surface area contributed by atoms with E-state index in [2.05, 4.69) is 12.2 Å². The minimum atomic E-state index is -0.410. The fourth-order valence-corrected chi connectivity index (χ4v) is 4.99. The molecule has 0 saturated heterocycles. The van der Waals surface area contributed by atoms with E-state index in [0.29, 0.717) is 29.5 Å². The molecular weight excluding hydrogens is 410 g/mol. The maximum atomic E-state index is 12.7. The molecule has 1 N–H and O–H groups in total. The first-order chi connectivity index (χ1) is 15.1. The number of ether oxygens (including phenoxy) is 2. The minimum Gasteiger partial charge on any atom is -0.494 e. The topological polar surface area (TPSA) is 64.6 Å². The van der Waals surface area contributed by atoms with E-state index in [0.717, 1.165) is 29.7 Å². The van der Waals surface area contributed by atoms with Gasteiger partial charge in [0.1, 0.15) is 16.3 Å². The predicted octanol–water partition coefficient (Wildman–Crippen LogP) is 6.68. The number of esters is 1. The number of thiophene rings is 1. The zero-order valence-corrected chi connectivity index (χ0v) is 19.4. The summed E-state index contributed by atoms with van der Waals surface area (Å²) in [6, 6.07) is 7.68. The summed E-state index contributed by atoms with van der Waals surface area (Å²) in [5.41, 5.74) is 2.10. The Morgan fingerprint density at radius 1 is 1.10 bits per heavy atom. The van der Waals surface area contributed by atoms with Crippen molar-refractivity contribution in [2.24, 2.45) is 5.92 Å². The normalized spacial score (nSPS) is 14.3. The highest BCUT2D eigenvalue weighted by atomic mass is 32.1. The van der Waals surface area contributed by atoms with E-state index in [1.807, 2.05) is 29.6 Å². The summed E-state index contributed by atoms with van der Waals surface area (Å²) in [7, 11) is 0. The van der Waals surface area contributed by atoms with Crippen LogP contribution in [-0.4, -0.2) is 25.1 Å². The van der Waals surface area contributed by atoms with Crippen molar-refractivity contribution < 1.29 is 19.1 Å². The zero-order valence-electron chi connectivity index (χ0n) is 18.6. The lowest BCUT2D eigenvalue weighted by Gasteiger charge is -2.20. The van der Waals surface area contributed by atoms with E-state index in [-0.39, 0.29) is 12.5 Å². The standard InChI is InChI=1S/C25H33NO4S/c1-3-16-30-20-13-11-19(12-14-20)21-17-31-24(23(21)25(28)29-4-2)26-22(27)15-10-18-8-6-5-7-9-18/h11-14,17-18H,3-10,15-16H2,1-2H3,(H,26,27). The molecule has 0 radical (unpaired) electrons. The van der Waals surface area contributed by atoms with Crippen molar-refractivity contribution in [2.45, 2.75) is 65.2 Å². The van der Waals surface area contributed by atoms with Gasteiger partial charge >= 0.3 is 5.97 Å². The van der Waals surface area contributed by atoms with Gasteiger partial charge < -0.3 is 14.8 Å². The number of carbonyl (C=O) groups excluding carboxylic acids is 2. The van der Waals surface area contributed by atoms with E-state index in [1.54, 1.807) is 6.92 Å². The van der Waals surface area contributed by atoms with Crippen LogP contribution in [0.3, 0.4) is 0 Å². The van der Waals surface area contributed by atoms with Crippen LogP contribution in [0.1, 0.15) is 75.6 Å². The van der Waals surface area contributed by atoms with Gasteiger partial charge in [-0.2, -0.15) is 0 Å². The van der Waals surface area contributed by atoms with Crippen molar-refractivity contribution in [3.63, 3.8) is 0 Å². The maximum absolute atomic E-state index is 12.7. The number of carbonyl (C=O) groups is 2. The van der Waals surface area contributed by atoms with Gasteiger partial charge in [0.15, 0.2) is 0 Å². The van der Waals surface area contributed by atoms with Gasteiger partial charge in [-0.15, -0.1) is 11.3 Å². The van der Waals surface area contributed by atoms with Crippen molar-refractivity contribution in [1.82, 2.24) is 0 Å². The third-order valence-corrected chi connectivity index (χ3v) is 6.56. The molecule has 1 aliphatic rings. The molecule has 1 amide bonds. The van der Waals surface area contributed by atoms with Crippen molar-refractivity contribution in [2.75, 3.05) is 18.5 Å². The summed E-state index contributed by atoms with van der Waals surface area (Å²) in [6.45, 7) is 4.80. The van der Waals surface area contributed by atoms with Gasteiger partial charge in [0, 0.05) is 17.4 Å². The second-order valence-electron chi connectivity index (χ2n) is 8.04. The highest BCUT2D eigenvalue weighted by Crippen LogP contribution is 2.37. The molecule has 3 rings (SSSR count). The predicted molar refractivity (Wildman–Crippen MR) is 126 cm³/mol. The van der Waals surface area contributed by atoms with Gasteiger partial charge in [-0.1, -0.05) is 51.2 Å². The smallest absolute Gasteiger partial charge is 0.341 e. The Hall–Kier alpha value is -2.34. The molecule has 0 spiro atoms. The van der Waals surface area contributed by atoms with Gasteiger partial charge in [-0.3, -0.25) is 4.79 Å². The highest BCUT2D eigenvalue weighted by Gasteiger charge is 2.23. The van der Waals surface area contributed by atoms with Crippen molar-refractivity contribution in [3.05, 3.63) is 35.2 Å². The minimum absolute atomic E-state index is 0.0344. The molecule has 2 aromatic rings. The number of benzene rings is 1. The van der Waals surface area contributed by atoms with Crippen molar-refractivity contribution in [3.8, 4) is 16.9 Å². The lowest BCUT2D eigenvalue weighted by molar-refractivity contribution is -0.116. The first-order valence-electron chi connectivity index (χ1n) is 11.4. The Kier molecular flexibility index (Phi) is 8.95. The summed E-state index contributed by atoms with van der Waals surface area (Å²) < 4.78 is 10.9. The van der Waals surface area contributed by atoms with E-state index in [4.69, 9.17) is 9.47 Å². The number of rotatable bonds is 10. The van der Waals surface area contributed by atoms with Crippen LogP contribution in [0.2, 0.25) is 0 Å². The number of amides is 1. The van der Waals surface area contributed by atoms with Gasteiger partial charge in [0.25, 0.3) is 0 Å².